The monoisotopic (exact) mass is 634 g/mol. The molecule has 2 aliphatic rings. The van der Waals surface area contributed by atoms with E-state index in [0.717, 1.165) is 31.5 Å². The van der Waals surface area contributed by atoms with E-state index in [1.165, 1.54) is 0 Å². The topological polar surface area (TPSA) is 92.7 Å². The lowest BCUT2D eigenvalue weighted by Crippen LogP contribution is -2.29. The van der Waals surface area contributed by atoms with Gasteiger partial charge in [0.25, 0.3) is 0 Å². The van der Waals surface area contributed by atoms with E-state index in [1.807, 2.05) is 27.7 Å². The van der Waals surface area contributed by atoms with E-state index in [2.05, 4.69) is 52.0 Å². The molecule has 0 aromatic carbocycles. The fraction of sp³-hybridized carbons (Fsp3) is 0.844. The lowest BCUT2D eigenvalue weighted by molar-refractivity contribution is -0.150. The van der Waals surface area contributed by atoms with Crippen molar-refractivity contribution in [1.29, 1.82) is 0 Å². The molecule has 0 aliphatic carbocycles. The van der Waals surface area contributed by atoms with Crippen LogP contribution in [-0.2, 0) is 32.8 Å². The second-order valence-electron chi connectivity index (χ2n) is 12.6. The van der Waals surface area contributed by atoms with Crippen molar-refractivity contribution in [2.75, 3.05) is 33.2 Å². The summed E-state index contributed by atoms with van der Waals surface area (Å²) in [5, 5.41) is 9.16. The lowest BCUT2D eigenvalue weighted by atomic mass is 9.96. The molecule has 10 heteroatoms. The summed E-state index contributed by atoms with van der Waals surface area (Å²) in [6.07, 6.45) is 14.8. The van der Waals surface area contributed by atoms with Crippen LogP contribution in [0.4, 0.5) is 0 Å². The van der Waals surface area contributed by atoms with Crippen molar-refractivity contribution < 1.29 is 37.9 Å². The van der Waals surface area contributed by atoms with E-state index >= 15 is 0 Å². The second kappa shape index (κ2) is 20.7. The van der Waals surface area contributed by atoms with Gasteiger partial charge in [0, 0.05) is 56.7 Å². The summed E-state index contributed by atoms with van der Waals surface area (Å²) < 4.78 is 33.9. The zero-order valence-electron chi connectivity index (χ0n) is 27.8. The molecule has 42 heavy (non-hydrogen) atoms. The lowest BCUT2D eigenvalue weighted by Gasteiger charge is -2.21. The zero-order chi connectivity index (χ0) is 31.8. The van der Waals surface area contributed by atoms with Gasteiger partial charge in [0.05, 0.1) is 24.4 Å². The Bertz CT molecular complexity index is 790. The van der Waals surface area contributed by atoms with Crippen LogP contribution in [0.25, 0.3) is 0 Å². The molecule has 2 saturated heterocycles. The smallest absolute Gasteiger partial charge is 0.163 e. The Balaban J connectivity index is 0.000000420. The number of hydrogen-bond acceptors (Lipinski definition) is 8. The second-order valence-corrected chi connectivity index (χ2v) is 14.8. The molecule has 0 saturated carbocycles. The SMILES string of the molecule is COPC[C@H](C)C/C=C\C(C)[C@H]1OC(C)(C)O[C@H]1CC=O.COPC[C@H](C)C/C=C\C(C)[C@H]1OC(C)(C)O[C@H]1CCO. The highest BCUT2D eigenvalue weighted by molar-refractivity contribution is 7.32. The molecule has 0 aromatic rings. The molecule has 0 spiro atoms. The van der Waals surface area contributed by atoms with E-state index in [4.69, 9.17) is 33.1 Å². The van der Waals surface area contributed by atoms with E-state index in [-0.39, 0.29) is 42.9 Å². The van der Waals surface area contributed by atoms with Crippen LogP contribution in [0.15, 0.2) is 24.3 Å². The van der Waals surface area contributed by atoms with E-state index in [0.29, 0.717) is 42.3 Å². The maximum atomic E-state index is 10.8. The van der Waals surface area contributed by atoms with Crippen molar-refractivity contribution in [2.45, 2.75) is 117 Å². The molecule has 1 N–H and O–H groups in total. The summed E-state index contributed by atoms with van der Waals surface area (Å²) in [6.45, 7) is 16.5. The Morgan fingerprint density at radius 2 is 1.19 bits per heavy atom. The van der Waals surface area contributed by atoms with Crippen molar-refractivity contribution in [3.63, 3.8) is 0 Å². The number of aldehydes is 1. The third-order valence-corrected chi connectivity index (χ3v) is 9.63. The van der Waals surface area contributed by atoms with Crippen molar-refractivity contribution in [3.8, 4) is 0 Å². The number of ether oxygens (including phenoxy) is 4. The van der Waals surface area contributed by atoms with Crippen LogP contribution in [0.1, 0.15) is 81.1 Å². The summed E-state index contributed by atoms with van der Waals surface area (Å²) in [5.74, 6) is 0.605. The van der Waals surface area contributed by atoms with E-state index < -0.39 is 11.6 Å². The predicted octanol–water partition coefficient (Wildman–Crippen LogP) is 6.90. The maximum Gasteiger partial charge on any atom is 0.163 e. The number of carbonyl (C=O) groups is 1. The molecule has 2 rings (SSSR count). The van der Waals surface area contributed by atoms with E-state index in [9.17, 15) is 4.79 Å². The van der Waals surface area contributed by atoms with Crippen molar-refractivity contribution in [2.24, 2.45) is 23.7 Å². The standard InChI is InChI=1S/C16H31O4P.C16H29O4P/c2*1-12(11-21-18-5)7-6-8-13(2)15-14(9-10-17)19-16(3,4)20-15/h6,8,12-15,17,21H,7,9-11H2,1-5H3;6,8,10,12-15,21H,7,9,11H2,1-5H3/b2*8-6-/t2*12-,13?,14+,15-/m11/s1. The van der Waals surface area contributed by atoms with Crippen LogP contribution in [0.5, 0.6) is 0 Å². The molecule has 2 heterocycles. The maximum absolute atomic E-state index is 10.8. The Morgan fingerprint density at radius 1 is 0.762 bits per heavy atom. The molecule has 0 aromatic heterocycles. The van der Waals surface area contributed by atoms with Crippen LogP contribution in [0.2, 0.25) is 0 Å². The van der Waals surface area contributed by atoms with Gasteiger partial charge in [0.1, 0.15) is 6.29 Å². The van der Waals surface area contributed by atoms with Crippen molar-refractivity contribution >= 4 is 23.9 Å². The van der Waals surface area contributed by atoms with Crippen LogP contribution in [0, 0.1) is 23.7 Å². The Labute approximate surface area is 259 Å². The number of hydrogen-bond donors (Lipinski definition) is 1. The molecule has 0 radical (unpaired) electrons. The van der Waals surface area contributed by atoms with Gasteiger partial charge in [-0.05, 0) is 71.1 Å². The minimum absolute atomic E-state index is 0.0135. The molecule has 0 amide bonds. The summed E-state index contributed by atoms with van der Waals surface area (Å²) in [7, 11) is 4.66. The molecule has 10 atom stereocenters. The summed E-state index contributed by atoms with van der Waals surface area (Å²) in [6, 6.07) is 0. The first kappa shape index (κ1) is 39.8. The van der Waals surface area contributed by atoms with Gasteiger partial charge in [0.15, 0.2) is 11.6 Å². The van der Waals surface area contributed by atoms with Crippen molar-refractivity contribution in [3.05, 3.63) is 24.3 Å². The highest BCUT2D eigenvalue weighted by Gasteiger charge is 2.43. The zero-order valence-corrected chi connectivity index (χ0v) is 29.8. The fourth-order valence-corrected chi connectivity index (χ4v) is 6.37. The average Bonchev–Trinajstić information content (AvgIpc) is 3.40. The number of rotatable bonds is 18. The third kappa shape index (κ3) is 15.6. The number of allylic oxidation sites excluding steroid dienone is 2. The van der Waals surface area contributed by atoms with Gasteiger partial charge in [-0.25, -0.2) is 0 Å². The largest absolute Gasteiger partial charge is 0.396 e. The molecule has 2 fully saturated rings. The van der Waals surface area contributed by atoms with Crippen LogP contribution < -0.4 is 0 Å². The highest BCUT2D eigenvalue weighted by Crippen LogP contribution is 2.35. The number of carbonyl (C=O) groups excluding carboxylic acids is 1. The van der Waals surface area contributed by atoms with Gasteiger partial charge in [-0.3, -0.25) is 0 Å². The van der Waals surface area contributed by atoms with Crippen LogP contribution in [0.3, 0.4) is 0 Å². The Kier molecular flexibility index (Phi) is 19.6. The van der Waals surface area contributed by atoms with Gasteiger partial charge in [-0.1, -0.05) is 52.0 Å². The van der Waals surface area contributed by atoms with Gasteiger partial charge in [-0.2, -0.15) is 0 Å². The minimum atomic E-state index is -0.604. The van der Waals surface area contributed by atoms with Gasteiger partial charge in [-0.15, -0.1) is 0 Å². The molecule has 4 unspecified atom stereocenters. The Morgan fingerprint density at radius 3 is 1.60 bits per heavy atom. The fourth-order valence-electron chi connectivity index (χ4n) is 5.13. The first-order valence-corrected chi connectivity index (χ1v) is 17.6. The number of aliphatic hydroxyl groups excluding tert-OH is 1. The normalized spacial score (nSPS) is 28.5. The number of aliphatic hydroxyl groups is 1. The molecular weight excluding hydrogens is 574 g/mol. The molecular formula is C32H60O8P2. The predicted molar refractivity (Wildman–Crippen MR) is 175 cm³/mol. The first-order chi connectivity index (χ1) is 19.8. The van der Waals surface area contributed by atoms with Crippen molar-refractivity contribution in [1.82, 2.24) is 0 Å². The van der Waals surface area contributed by atoms with Gasteiger partial charge >= 0.3 is 0 Å². The third-order valence-electron chi connectivity index (χ3n) is 7.33. The van der Waals surface area contributed by atoms with Crippen LogP contribution in [-0.4, -0.2) is 80.5 Å². The average molecular weight is 635 g/mol. The van der Waals surface area contributed by atoms with Crippen LogP contribution >= 0.6 is 17.6 Å². The summed E-state index contributed by atoms with van der Waals surface area (Å²) in [5.41, 5.74) is 0. The quantitative estimate of drug-likeness (QED) is 0.0989. The molecule has 246 valence electrons. The summed E-state index contributed by atoms with van der Waals surface area (Å²) >= 11 is 0. The molecule has 2 aliphatic heterocycles. The first-order valence-electron chi connectivity index (χ1n) is 15.4. The highest BCUT2D eigenvalue weighted by atomic mass is 31.1. The molecule has 8 nitrogen and oxygen atoms in total. The Hall–Kier alpha value is -0.270. The minimum Gasteiger partial charge on any atom is -0.396 e. The summed E-state index contributed by atoms with van der Waals surface area (Å²) in [4.78, 5) is 10.8. The van der Waals surface area contributed by atoms with Gasteiger partial charge in [0.2, 0.25) is 0 Å². The van der Waals surface area contributed by atoms with Gasteiger partial charge < -0.3 is 37.9 Å². The van der Waals surface area contributed by atoms with E-state index in [1.54, 1.807) is 14.2 Å². The molecule has 0 bridgehead atoms.